The average Bonchev–Trinajstić information content (AvgIpc) is 3.09. The number of carbonyl (C=O) groups excluding carboxylic acids is 3. The van der Waals surface area contributed by atoms with Crippen LogP contribution in [0.3, 0.4) is 0 Å². The molecule has 6 heteroatoms. The number of ether oxygens (including phenoxy) is 1. The van der Waals surface area contributed by atoms with Gasteiger partial charge in [0.25, 0.3) is 5.91 Å². The molecule has 1 fully saturated rings. The zero-order valence-corrected chi connectivity index (χ0v) is 15.1. The van der Waals surface area contributed by atoms with Crippen molar-refractivity contribution in [3.8, 4) is 0 Å². The molecule has 1 aromatic rings. The number of thiophene rings is 1. The predicted octanol–water partition coefficient (Wildman–Crippen LogP) is 3.34. The van der Waals surface area contributed by atoms with Crippen LogP contribution in [0.25, 0.3) is 0 Å². The second-order valence-electron chi connectivity index (χ2n) is 6.41. The van der Waals surface area contributed by atoms with Crippen LogP contribution in [0.1, 0.15) is 62.0 Å². The molecule has 1 aromatic heterocycles. The first-order valence-corrected chi connectivity index (χ1v) is 9.42. The summed E-state index contributed by atoms with van der Waals surface area (Å²) in [6, 6.07) is 3.70. The third-order valence-electron chi connectivity index (χ3n) is 4.47. The van der Waals surface area contributed by atoms with Gasteiger partial charge in [0.2, 0.25) is 0 Å². The highest BCUT2D eigenvalue weighted by Crippen LogP contribution is 2.23. The van der Waals surface area contributed by atoms with Gasteiger partial charge < -0.3 is 10.1 Å². The monoisotopic (exact) mass is 351 g/mol. The van der Waals surface area contributed by atoms with Crippen molar-refractivity contribution >= 4 is 29.0 Å². The molecule has 0 aliphatic heterocycles. The Balaban J connectivity index is 1.72. The van der Waals surface area contributed by atoms with Crippen molar-refractivity contribution in [2.75, 3.05) is 0 Å². The molecule has 0 aromatic carbocycles. The lowest BCUT2D eigenvalue weighted by Gasteiger charge is -2.30. The summed E-state index contributed by atoms with van der Waals surface area (Å²) in [7, 11) is 0. The number of amides is 1. The number of carbonyl (C=O) groups is 3. The highest BCUT2D eigenvalue weighted by atomic mass is 32.1. The van der Waals surface area contributed by atoms with Crippen molar-refractivity contribution in [2.24, 2.45) is 5.92 Å². The normalized spacial score (nSPS) is 21.8. The zero-order valence-electron chi connectivity index (χ0n) is 14.2. The minimum atomic E-state index is -0.830. The maximum Gasteiger partial charge on any atom is 0.307 e. The van der Waals surface area contributed by atoms with Gasteiger partial charge in [-0.3, -0.25) is 14.4 Å². The van der Waals surface area contributed by atoms with E-state index in [0.29, 0.717) is 10.8 Å². The Morgan fingerprint density at radius 3 is 2.71 bits per heavy atom. The van der Waals surface area contributed by atoms with E-state index in [4.69, 9.17) is 4.74 Å². The maximum atomic E-state index is 12.2. The second-order valence-corrected chi connectivity index (χ2v) is 7.36. The van der Waals surface area contributed by atoms with E-state index in [1.54, 1.807) is 19.1 Å². The van der Waals surface area contributed by atoms with Crippen molar-refractivity contribution in [3.63, 3.8) is 0 Å². The molecular formula is C18H25NO4S. The van der Waals surface area contributed by atoms with Gasteiger partial charge in [-0.25, -0.2) is 0 Å². The van der Waals surface area contributed by atoms with Gasteiger partial charge >= 0.3 is 5.97 Å². The number of esters is 1. The summed E-state index contributed by atoms with van der Waals surface area (Å²) >= 11 is 1.36. The Morgan fingerprint density at radius 1 is 1.29 bits per heavy atom. The second kappa shape index (κ2) is 8.97. The SMILES string of the molecule is CC(OC(=O)CCC(=O)c1cccs1)C(=O)NC1CCCCC1C. The molecule has 5 nitrogen and oxygen atoms in total. The Labute approximate surface area is 146 Å². The summed E-state index contributed by atoms with van der Waals surface area (Å²) in [5.41, 5.74) is 0. The predicted molar refractivity (Wildman–Crippen MR) is 93.0 cm³/mol. The molecule has 1 saturated carbocycles. The van der Waals surface area contributed by atoms with Gasteiger partial charge in [0.1, 0.15) is 0 Å². The van der Waals surface area contributed by atoms with E-state index in [0.717, 1.165) is 19.3 Å². The van der Waals surface area contributed by atoms with Gasteiger partial charge in [-0.2, -0.15) is 0 Å². The summed E-state index contributed by atoms with van der Waals surface area (Å²) in [6.45, 7) is 3.71. The van der Waals surface area contributed by atoms with Gasteiger partial charge in [0.15, 0.2) is 11.9 Å². The standard InChI is InChI=1S/C18H25NO4S/c1-12-6-3-4-7-14(12)19-18(22)13(2)23-17(21)10-9-15(20)16-8-5-11-24-16/h5,8,11-14H,3-4,6-7,9-10H2,1-2H3,(H,19,22). The lowest BCUT2D eigenvalue weighted by molar-refractivity contribution is -0.155. The van der Waals surface area contributed by atoms with Gasteiger partial charge in [0.05, 0.1) is 11.3 Å². The molecule has 3 unspecified atom stereocenters. The lowest BCUT2D eigenvalue weighted by atomic mass is 9.86. The van der Waals surface area contributed by atoms with Crippen LogP contribution in [0.4, 0.5) is 0 Å². The molecule has 2 rings (SSSR count). The van der Waals surface area contributed by atoms with Crippen LogP contribution in [0, 0.1) is 5.92 Å². The molecule has 1 aliphatic rings. The van der Waals surface area contributed by atoms with Crippen LogP contribution in [0.15, 0.2) is 17.5 Å². The first-order valence-electron chi connectivity index (χ1n) is 8.54. The molecular weight excluding hydrogens is 326 g/mol. The minimum absolute atomic E-state index is 0.00577. The first-order chi connectivity index (χ1) is 11.5. The largest absolute Gasteiger partial charge is 0.453 e. The molecule has 1 N–H and O–H groups in total. The third-order valence-corrected chi connectivity index (χ3v) is 5.38. The Kier molecular flexibility index (Phi) is 6.97. The first kappa shape index (κ1) is 18.6. The van der Waals surface area contributed by atoms with Crippen molar-refractivity contribution in [2.45, 2.75) is 64.5 Å². The van der Waals surface area contributed by atoms with Crippen LogP contribution in [-0.4, -0.2) is 29.8 Å². The summed E-state index contributed by atoms with van der Waals surface area (Å²) in [6.07, 6.45) is 3.68. The molecule has 0 bridgehead atoms. The van der Waals surface area contributed by atoms with E-state index in [1.807, 2.05) is 5.38 Å². The molecule has 132 valence electrons. The maximum absolute atomic E-state index is 12.2. The van der Waals surface area contributed by atoms with Gasteiger partial charge in [-0.1, -0.05) is 25.8 Å². The lowest BCUT2D eigenvalue weighted by Crippen LogP contribution is -2.46. The fourth-order valence-corrected chi connectivity index (χ4v) is 3.61. The van der Waals surface area contributed by atoms with Gasteiger partial charge in [0, 0.05) is 12.5 Å². The number of hydrogen-bond donors (Lipinski definition) is 1. The van der Waals surface area contributed by atoms with Gasteiger partial charge in [-0.15, -0.1) is 11.3 Å². The molecule has 1 heterocycles. The molecule has 1 aliphatic carbocycles. The summed E-state index contributed by atoms with van der Waals surface area (Å²) in [4.78, 5) is 36.5. The van der Waals surface area contributed by atoms with Crippen molar-refractivity contribution in [1.82, 2.24) is 5.32 Å². The fourth-order valence-electron chi connectivity index (χ4n) is 2.92. The summed E-state index contributed by atoms with van der Waals surface area (Å²) in [5, 5.41) is 4.80. The molecule has 3 atom stereocenters. The number of nitrogens with one attached hydrogen (secondary N) is 1. The minimum Gasteiger partial charge on any atom is -0.453 e. The van der Waals surface area contributed by atoms with Crippen LogP contribution in [-0.2, 0) is 14.3 Å². The highest BCUT2D eigenvalue weighted by molar-refractivity contribution is 7.12. The van der Waals surface area contributed by atoms with Crippen molar-refractivity contribution in [1.29, 1.82) is 0 Å². The molecule has 0 spiro atoms. The Hall–Kier alpha value is -1.69. The van der Waals surface area contributed by atoms with Crippen LogP contribution < -0.4 is 5.32 Å². The molecule has 1 amide bonds. The summed E-state index contributed by atoms with van der Waals surface area (Å²) < 4.78 is 5.16. The summed E-state index contributed by atoms with van der Waals surface area (Å²) in [5.74, 6) is -0.393. The van der Waals surface area contributed by atoms with E-state index < -0.39 is 12.1 Å². The quantitative estimate of drug-likeness (QED) is 0.604. The van der Waals surface area contributed by atoms with Crippen LogP contribution in [0.2, 0.25) is 0 Å². The van der Waals surface area contributed by atoms with E-state index >= 15 is 0 Å². The van der Waals surface area contributed by atoms with E-state index in [9.17, 15) is 14.4 Å². The molecule has 24 heavy (non-hydrogen) atoms. The number of Topliss-reactive ketones (excluding diaryl/α,β-unsaturated/α-hetero) is 1. The topological polar surface area (TPSA) is 72.5 Å². The fraction of sp³-hybridized carbons (Fsp3) is 0.611. The Bertz CT molecular complexity index is 570. The number of rotatable bonds is 7. The molecule has 0 saturated heterocycles. The highest BCUT2D eigenvalue weighted by Gasteiger charge is 2.26. The number of hydrogen-bond acceptors (Lipinski definition) is 5. The van der Waals surface area contributed by atoms with E-state index in [2.05, 4.69) is 12.2 Å². The van der Waals surface area contributed by atoms with Crippen LogP contribution in [0.5, 0.6) is 0 Å². The van der Waals surface area contributed by atoms with Crippen molar-refractivity contribution in [3.05, 3.63) is 22.4 Å². The Morgan fingerprint density at radius 2 is 2.04 bits per heavy atom. The van der Waals surface area contributed by atoms with Gasteiger partial charge in [-0.05, 0) is 37.1 Å². The van der Waals surface area contributed by atoms with Crippen LogP contribution >= 0.6 is 11.3 Å². The average molecular weight is 351 g/mol. The van der Waals surface area contributed by atoms with Crippen molar-refractivity contribution < 1.29 is 19.1 Å². The van der Waals surface area contributed by atoms with E-state index in [1.165, 1.54) is 17.8 Å². The zero-order chi connectivity index (χ0) is 17.5. The smallest absolute Gasteiger partial charge is 0.307 e. The number of ketones is 1. The third kappa shape index (κ3) is 5.44. The molecule has 0 radical (unpaired) electrons. The van der Waals surface area contributed by atoms with E-state index in [-0.39, 0.29) is 30.6 Å².